The van der Waals surface area contributed by atoms with Crippen LogP contribution in [0.2, 0.25) is 0 Å². The van der Waals surface area contributed by atoms with Gasteiger partial charge in [-0.2, -0.15) is 20.7 Å². The van der Waals surface area contributed by atoms with E-state index < -0.39 is 12.1 Å². The zero-order valence-electron chi connectivity index (χ0n) is 6.12. The van der Waals surface area contributed by atoms with Crippen molar-refractivity contribution in [1.82, 2.24) is 20.5 Å². The first kappa shape index (κ1) is 11.4. The summed E-state index contributed by atoms with van der Waals surface area (Å²) in [5.41, 5.74) is 16.3. The maximum Gasteiger partial charge on any atom is 0.374 e. The summed E-state index contributed by atoms with van der Waals surface area (Å²) in [6.45, 7) is 0. The van der Waals surface area contributed by atoms with Crippen molar-refractivity contribution in [1.29, 1.82) is 11.1 Å². The minimum Gasteiger partial charge on any atom is -0.259 e. The second kappa shape index (κ2) is 7.08. The summed E-state index contributed by atoms with van der Waals surface area (Å²) in [6.07, 6.45) is 0. The van der Waals surface area contributed by atoms with Crippen LogP contribution in [0.4, 0.5) is 9.59 Å². The molecule has 0 aliphatic rings. The molecule has 0 saturated carbocycles. The molecule has 0 atom stereocenters. The number of urea groups is 2. The third-order valence-corrected chi connectivity index (χ3v) is 1.03. The van der Waals surface area contributed by atoms with Gasteiger partial charge in [-0.15, -0.1) is 0 Å². The molecule has 0 fully saturated rings. The number of carbonyl (C=O) groups is 2. The molecule has 0 aromatic heterocycles. The maximum absolute atomic E-state index is 10.3. The summed E-state index contributed by atoms with van der Waals surface area (Å²) in [7, 11) is 0. The molecule has 0 aliphatic heterocycles. The molecule has 0 aromatic rings. The zero-order valence-corrected chi connectivity index (χ0v) is 6.94. The number of hydrogen-bond acceptors (Lipinski definition) is 7. The Labute approximate surface area is 76.4 Å². The predicted molar refractivity (Wildman–Crippen MR) is 41.2 cm³/mol. The molecule has 4 amide bonds. The van der Waals surface area contributed by atoms with Gasteiger partial charge in [0.05, 0.1) is 0 Å². The summed E-state index contributed by atoms with van der Waals surface area (Å²) in [5, 5.41) is 5.00. The van der Waals surface area contributed by atoms with Gasteiger partial charge >= 0.3 is 12.1 Å². The molecule has 0 heterocycles. The van der Waals surface area contributed by atoms with E-state index in [9.17, 15) is 9.59 Å². The van der Waals surface area contributed by atoms with Crippen molar-refractivity contribution in [2.24, 2.45) is 10.2 Å². The number of rotatable bonds is 4. The SMILES string of the molecule is N=NC(=O)NNSNNC(=O)N=N. The normalized spacial score (nSPS) is 8.62. The Kier molecular flexibility index (Phi) is 6.21. The predicted octanol–water partition coefficient (Wildman–Crippen LogP) is 0.0399. The molecule has 11 heteroatoms. The van der Waals surface area contributed by atoms with Crippen molar-refractivity contribution in [2.45, 2.75) is 0 Å². The fraction of sp³-hybridized carbons (Fsp3) is 0. The second-order valence-electron chi connectivity index (χ2n) is 1.39. The summed E-state index contributed by atoms with van der Waals surface area (Å²) in [5.74, 6) is 0. The van der Waals surface area contributed by atoms with E-state index in [0.717, 1.165) is 0 Å². The van der Waals surface area contributed by atoms with Crippen LogP contribution < -0.4 is 20.5 Å². The van der Waals surface area contributed by atoms with E-state index >= 15 is 0 Å². The van der Waals surface area contributed by atoms with E-state index in [-0.39, 0.29) is 0 Å². The van der Waals surface area contributed by atoms with Crippen LogP contribution in [0.5, 0.6) is 0 Å². The summed E-state index contributed by atoms with van der Waals surface area (Å²) >= 11 is 0.690. The third kappa shape index (κ3) is 6.79. The molecule has 0 radical (unpaired) electrons. The standard InChI is InChI=1S/C2H6N8O2S/c3-5-1(11)7-9-13-10-8-2(12)6-4/h3-4,9-10H,(H,7,11)(H,8,12). The highest BCUT2D eigenvalue weighted by atomic mass is 32.2. The van der Waals surface area contributed by atoms with Gasteiger partial charge in [-0.3, -0.25) is 10.9 Å². The molecular formula is C2H6N8O2S. The van der Waals surface area contributed by atoms with Gasteiger partial charge in [-0.05, 0) is 0 Å². The molecule has 0 bridgehead atoms. The van der Waals surface area contributed by atoms with Crippen molar-refractivity contribution in [3.05, 3.63) is 0 Å². The Hall–Kier alpha value is -1.59. The first-order valence-corrected chi connectivity index (χ1v) is 3.53. The number of nitrogens with one attached hydrogen (secondary N) is 6. The fourth-order valence-electron chi connectivity index (χ4n) is 0.220. The van der Waals surface area contributed by atoms with Gasteiger partial charge in [0.1, 0.15) is 0 Å². The van der Waals surface area contributed by atoms with Crippen molar-refractivity contribution in [2.75, 3.05) is 0 Å². The Morgan fingerprint density at radius 3 is 1.69 bits per heavy atom. The van der Waals surface area contributed by atoms with E-state index in [0.29, 0.717) is 12.1 Å². The minimum absolute atomic E-state index is 0.690. The fourth-order valence-corrected chi connectivity index (χ4v) is 0.547. The maximum atomic E-state index is 10.3. The van der Waals surface area contributed by atoms with Gasteiger partial charge in [0.2, 0.25) is 0 Å². The van der Waals surface area contributed by atoms with E-state index in [4.69, 9.17) is 11.1 Å². The Morgan fingerprint density at radius 1 is 1.00 bits per heavy atom. The van der Waals surface area contributed by atoms with Crippen molar-refractivity contribution in [3.63, 3.8) is 0 Å². The van der Waals surface area contributed by atoms with E-state index in [1.807, 2.05) is 10.9 Å². The van der Waals surface area contributed by atoms with Crippen molar-refractivity contribution in [3.8, 4) is 0 Å². The van der Waals surface area contributed by atoms with Crippen molar-refractivity contribution < 1.29 is 9.59 Å². The lowest BCUT2D eigenvalue weighted by Crippen LogP contribution is -2.37. The van der Waals surface area contributed by atoms with Crippen LogP contribution in [0.1, 0.15) is 0 Å². The lowest BCUT2D eigenvalue weighted by molar-refractivity contribution is 0.246. The van der Waals surface area contributed by atoms with Crippen LogP contribution in [0.25, 0.3) is 0 Å². The average molecular weight is 206 g/mol. The monoisotopic (exact) mass is 206 g/mol. The first-order chi connectivity index (χ1) is 6.20. The Bertz CT molecular complexity index is 194. The molecule has 0 aliphatic carbocycles. The molecule has 0 aromatic carbocycles. The van der Waals surface area contributed by atoms with Gasteiger partial charge in [0.25, 0.3) is 0 Å². The molecule has 0 saturated heterocycles. The van der Waals surface area contributed by atoms with E-state index in [2.05, 4.69) is 19.9 Å². The second-order valence-corrected chi connectivity index (χ2v) is 2.00. The number of carbonyl (C=O) groups excluding carboxylic acids is 2. The highest BCUT2D eigenvalue weighted by Gasteiger charge is 1.96. The van der Waals surface area contributed by atoms with Gasteiger partial charge in [0.15, 0.2) is 0 Å². The quantitative estimate of drug-likeness (QED) is 0.166. The number of hydrogen-bond donors (Lipinski definition) is 6. The van der Waals surface area contributed by atoms with Gasteiger partial charge < -0.3 is 0 Å². The molecule has 6 N–H and O–H groups in total. The van der Waals surface area contributed by atoms with E-state index in [1.165, 1.54) is 0 Å². The highest BCUT2D eigenvalue weighted by Crippen LogP contribution is 1.79. The Morgan fingerprint density at radius 2 is 1.38 bits per heavy atom. The zero-order chi connectivity index (χ0) is 10.1. The van der Waals surface area contributed by atoms with Crippen LogP contribution in [0.3, 0.4) is 0 Å². The lowest BCUT2D eigenvalue weighted by atomic mass is 11.1. The smallest absolute Gasteiger partial charge is 0.259 e. The summed E-state index contributed by atoms with van der Waals surface area (Å²) in [4.78, 5) is 24.9. The number of nitrogens with zero attached hydrogens (tertiary/aromatic N) is 2. The largest absolute Gasteiger partial charge is 0.374 e. The van der Waals surface area contributed by atoms with Crippen LogP contribution in [-0.4, -0.2) is 12.1 Å². The molecule has 0 spiro atoms. The lowest BCUT2D eigenvalue weighted by Gasteiger charge is -2.03. The van der Waals surface area contributed by atoms with E-state index in [1.54, 1.807) is 0 Å². The summed E-state index contributed by atoms with van der Waals surface area (Å²) in [6, 6.07) is -1.77. The van der Waals surface area contributed by atoms with Crippen LogP contribution >= 0.6 is 12.1 Å². The molecule has 13 heavy (non-hydrogen) atoms. The van der Waals surface area contributed by atoms with Crippen LogP contribution in [0, 0.1) is 11.1 Å². The molecule has 10 nitrogen and oxygen atoms in total. The highest BCUT2D eigenvalue weighted by molar-refractivity contribution is 7.95. The average Bonchev–Trinajstić information content (AvgIpc) is 2.16. The van der Waals surface area contributed by atoms with Gasteiger partial charge in [0, 0.05) is 12.1 Å². The van der Waals surface area contributed by atoms with Gasteiger partial charge in [-0.1, -0.05) is 10.2 Å². The van der Waals surface area contributed by atoms with Crippen molar-refractivity contribution >= 4 is 24.2 Å². The molecule has 72 valence electrons. The molecule has 0 unspecified atom stereocenters. The summed E-state index contributed by atoms with van der Waals surface area (Å²) < 4.78 is 0. The Balaban J connectivity index is 3.26. The van der Waals surface area contributed by atoms with Crippen LogP contribution in [0.15, 0.2) is 10.2 Å². The van der Waals surface area contributed by atoms with Crippen LogP contribution in [-0.2, 0) is 0 Å². The first-order valence-electron chi connectivity index (χ1n) is 2.71. The number of amides is 4. The number of hydrazine groups is 2. The minimum atomic E-state index is -0.884. The third-order valence-electron chi connectivity index (χ3n) is 0.621. The topological polar surface area (TPSA) is 155 Å². The molecular weight excluding hydrogens is 200 g/mol. The molecule has 0 rings (SSSR count). The van der Waals surface area contributed by atoms with Gasteiger partial charge in [-0.25, -0.2) is 9.59 Å².